The molecule has 104 valence electrons. The Morgan fingerprint density at radius 3 is 2.33 bits per heavy atom. The minimum Gasteiger partial charge on any atom is -0.450 e. The molecule has 5 heteroatoms. The predicted octanol–water partition coefficient (Wildman–Crippen LogP) is 1.72. The third-order valence-electron chi connectivity index (χ3n) is 3.38. The van der Waals surface area contributed by atoms with Crippen molar-refractivity contribution < 1.29 is 14.3 Å². The Labute approximate surface area is 109 Å². The highest BCUT2D eigenvalue weighted by molar-refractivity contribution is 5.78. The van der Waals surface area contributed by atoms with Gasteiger partial charge in [-0.2, -0.15) is 0 Å². The second kappa shape index (κ2) is 6.61. The number of hydrogen-bond acceptors (Lipinski definition) is 3. The summed E-state index contributed by atoms with van der Waals surface area (Å²) in [5.41, 5.74) is 0. The molecule has 1 aliphatic heterocycles. The van der Waals surface area contributed by atoms with Crippen molar-refractivity contribution in [2.24, 2.45) is 5.92 Å². The number of likely N-dealkylation sites (tertiary alicyclic amines) is 1. The Kier molecular flexibility index (Phi) is 5.44. The van der Waals surface area contributed by atoms with Gasteiger partial charge in [-0.05, 0) is 19.8 Å². The van der Waals surface area contributed by atoms with Crippen LogP contribution >= 0.6 is 0 Å². The third kappa shape index (κ3) is 3.62. The number of rotatable bonds is 3. The van der Waals surface area contributed by atoms with Crippen molar-refractivity contribution in [3.63, 3.8) is 0 Å². The molecule has 1 aliphatic rings. The van der Waals surface area contributed by atoms with E-state index in [4.69, 9.17) is 4.74 Å². The van der Waals surface area contributed by atoms with E-state index in [0.29, 0.717) is 19.7 Å². The highest BCUT2D eigenvalue weighted by Crippen LogP contribution is 2.17. The summed E-state index contributed by atoms with van der Waals surface area (Å²) in [6.45, 7) is 7.36. The Balaban J connectivity index is 2.44. The first-order valence-electron chi connectivity index (χ1n) is 6.65. The van der Waals surface area contributed by atoms with Crippen LogP contribution in [0.3, 0.4) is 0 Å². The lowest BCUT2D eigenvalue weighted by Gasteiger charge is -2.36. The maximum atomic E-state index is 11.9. The molecule has 0 spiro atoms. The fraction of sp³-hybridized carbons (Fsp3) is 0.846. The van der Waals surface area contributed by atoms with Gasteiger partial charge in [-0.25, -0.2) is 4.79 Å². The van der Waals surface area contributed by atoms with Crippen LogP contribution in [-0.2, 0) is 9.53 Å². The third-order valence-corrected chi connectivity index (χ3v) is 3.38. The van der Waals surface area contributed by atoms with Crippen LogP contribution in [0.25, 0.3) is 0 Å². The standard InChI is InChI=1S/C13H24N2O3/c1-5-18-13(17)15-8-6-11(7-9-15)14(4)12(16)10(2)3/h10-11H,5-9H2,1-4H3. The van der Waals surface area contributed by atoms with Gasteiger partial charge >= 0.3 is 6.09 Å². The van der Waals surface area contributed by atoms with E-state index >= 15 is 0 Å². The fourth-order valence-corrected chi connectivity index (χ4v) is 2.24. The minimum absolute atomic E-state index is 0.0260. The minimum atomic E-state index is -0.242. The molecular weight excluding hydrogens is 232 g/mol. The summed E-state index contributed by atoms with van der Waals surface area (Å²) in [7, 11) is 1.85. The maximum Gasteiger partial charge on any atom is 0.409 e. The summed E-state index contributed by atoms with van der Waals surface area (Å²) in [5.74, 6) is 0.197. The van der Waals surface area contributed by atoms with Gasteiger partial charge in [0.2, 0.25) is 5.91 Å². The van der Waals surface area contributed by atoms with Gasteiger partial charge in [0.25, 0.3) is 0 Å². The molecule has 0 aromatic heterocycles. The quantitative estimate of drug-likeness (QED) is 0.772. The normalized spacial score (nSPS) is 16.8. The number of ether oxygens (including phenoxy) is 1. The average molecular weight is 256 g/mol. The van der Waals surface area contributed by atoms with E-state index < -0.39 is 0 Å². The first kappa shape index (κ1) is 14.8. The lowest BCUT2D eigenvalue weighted by Crippen LogP contribution is -2.48. The molecule has 5 nitrogen and oxygen atoms in total. The summed E-state index contributed by atoms with van der Waals surface area (Å²) >= 11 is 0. The molecule has 0 bridgehead atoms. The molecule has 18 heavy (non-hydrogen) atoms. The van der Waals surface area contributed by atoms with E-state index in [-0.39, 0.29) is 24.0 Å². The molecule has 2 amide bonds. The van der Waals surface area contributed by atoms with Gasteiger partial charge in [-0.1, -0.05) is 13.8 Å². The Morgan fingerprint density at radius 2 is 1.89 bits per heavy atom. The molecule has 0 unspecified atom stereocenters. The number of nitrogens with zero attached hydrogens (tertiary/aromatic N) is 2. The molecule has 1 rings (SSSR count). The van der Waals surface area contributed by atoms with Crippen molar-refractivity contribution in [1.82, 2.24) is 9.80 Å². The van der Waals surface area contributed by atoms with Crippen molar-refractivity contribution >= 4 is 12.0 Å². The fourth-order valence-electron chi connectivity index (χ4n) is 2.24. The smallest absolute Gasteiger partial charge is 0.409 e. The molecule has 0 aromatic rings. The van der Waals surface area contributed by atoms with E-state index in [0.717, 1.165) is 12.8 Å². The highest BCUT2D eigenvalue weighted by atomic mass is 16.6. The van der Waals surface area contributed by atoms with Gasteiger partial charge in [-0.15, -0.1) is 0 Å². The molecule has 1 fully saturated rings. The number of carbonyl (C=O) groups is 2. The number of piperidine rings is 1. The molecule has 0 aliphatic carbocycles. The molecule has 1 saturated heterocycles. The van der Waals surface area contributed by atoms with Crippen molar-refractivity contribution in [1.29, 1.82) is 0 Å². The topological polar surface area (TPSA) is 49.9 Å². The van der Waals surface area contributed by atoms with Crippen molar-refractivity contribution in [2.75, 3.05) is 26.7 Å². The molecule has 0 radical (unpaired) electrons. The summed E-state index contributed by atoms with van der Waals surface area (Å²) in [5, 5.41) is 0. The van der Waals surface area contributed by atoms with Crippen LogP contribution in [0, 0.1) is 5.92 Å². The lowest BCUT2D eigenvalue weighted by atomic mass is 10.0. The van der Waals surface area contributed by atoms with Crippen LogP contribution in [0.4, 0.5) is 4.79 Å². The van der Waals surface area contributed by atoms with Crippen LogP contribution in [0.2, 0.25) is 0 Å². The molecule has 0 saturated carbocycles. The second-order valence-corrected chi connectivity index (χ2v) is 5.02. The lowest BCUT2D eigenvalue weighted by molar-refractivity contribution is -0.136. The van der Waals surface area contributed by atoms with E-state index in [1.807, 2.05) is 25.8 Å². The second-order valence-electron chi connectivity index (χ2n) is 5.02. The molecule has 0 aromatic carbocycles. The van der Waals surface area contributed by atoms with Crippen LogP contribution in [-0.4, -0.2) is 54.6 Å². The maximum absolute atomic E-state index is 11.9. The predicted molar refractivity (Wildman–Crippen MR) is 69.2 cm³/mol. The Bertz CT molecular complexity index is 297. The van der Waals surface area contributed by atoms with Crippen LogP contribution in [0.5, 0.6) is 0 Å². The monoisotopic (exact) mass is 256 g/mol. The van der Waals surface area contributed by atoms with E-state index in [1.54, 1.807) is 11.8 Å². The van der Waals surface area contributed by atoms with Gasteiger partial charge < -0.3 is 14.5 Å². The number of hydrogen-bond donors (Lipinski definition) is 0. The number of carbonyl (C=O) groups excluding carboxylic acids is 2. The highest BCUT2D eigenvalue weighted by Gasteiger charge is 2.28. The molecule has 1 heterocycles. The summed E-state index contributed by atoms with van der Waals surface area (Å²) < 4.78 is 4.97. The SMILES string of the molecule is CCOC(=O)N1CCC(N(C)C(=O)C(C)C)CC1. The van der Waals surface area contributed by atoms with Gasteiger partial charge in [-0.3, -0.25) is 4.79 Å². The van der Waals surface area contributed by atoms with Crippen LogP contribution < -0.4 is 0 Å². The van der Waals surface area contributed by atoms with Crippen molar-refractivity contribution in [3.05, 3.63) is 0 Å². The van der Waals surface area contributed by atoms with Gasteiger partial charge in [0.15, 0.2) is 0 Å². The Morgan fingerprint density at radius 1 is 1.33 bits per heavy atom. The van der Waals surface area contributed by atoms with Gasteiger partial charge in [0.05, 0.1) is 6.61 Å². The van der Waals surface area contributed by atoms with Crippen molar-refractivity contribution in [3.8, 4) is 0 Å². The van der Waals surface area contributed by atoms with Gasteiger partial charge in [0, 0.05) is 32.1 Å². The zero-order chi connectivity index (χ0) is 13.7. The average Bonchev–Trinajstić information content (AvgIpc) is 2.37. The molecule has 0 N–H and O–H groups in total. The largest absolute Gasteiger partial charge is 0.450 e. The van der Waals surface area contributed by atoms with Crippen molar-refractivity contribution in [2.45, 2.75) is 39.7 Å². The summed E-state index contributed by atoms with van der Waals surface area (Å²) in [6.07, 6.45) is 1.41. The van der Waals surface area contributed by atoms with Gasteiger partial charge in [0.1, 0.15) is 0 Å². The first-order chi connectivity index (χ1) is 8.47. The summed E-state index contributed by atoms with van der Waals surface area (Å²) in [4.78, 5) is 27.0. The molecule has 0 atom stereocenters. The number of amides is 2. The zero-order valence-corrected chi connectivity index (χ0v) is 11.8. The zero-order valence-electron chi connectivity index (χ0n) is 11.8. The summed E-state index contributed by atoms with van der Waals surface area (Å²) in [6, 6.07) is 0.241. The Hall–Kier alpha value is -1.26. The molecular formula is C13H24N2O3. The van der Waals surface area contributed by atoms with Crippen LogP contribution in [0.1, 0.15) is 33.6 Å². The van der Waals surface area contributed by atoms with E-state index in [2.05, 4.69) is 0 Å². The van der Waals surface area contributed by atoms with Crippen LogP contribution in [0.15, 0.2) is 0 Å². The van der Waals surface area contributed by atoms with E-state index in [1.165, 1.54) is 0 Å². The first-order valence-corrected chi connectivity index (χ1v) is 6.65. The van der Waals surface area contributed by atoms with E-state index in [9.17, 15) is 9.59 Å².